The van der Waals surface area contributed by atoms with Gasteiger partial charge >= 0.3 is 6.03 Å². The normalized spacial score (nSPS) is 15.4. The van der Waals surface area contributed by atoms with E-state index >= 15 is 0 Å². The van der Waals surface area contributed by atoms with Crippen molar-refractivity contribution in [1.82, 2.24) is 15.2 Å². The Balaban J connectivity index is 1.85. The van der Waals surface area contributed by atoms with Crippen LogP contribution in [0.3, 0.4) is 0 Å². The number of benzene rings is 2. The molecule has 1 N–H and O–H groups in total. The van der Waals surface area contributed by atoms with Crippen LogP contribution in [0.2, 0.25) is 0 Å². The Hall–Kier alpha value is -3.55. The van der Waals surface area contributed by atoms with Gasteiger partial charge in [-0.15, -0.1) is 0 Å². The highest BCUT2D eigenvalue weighted by Crippen LogP contribution is 2.34. The summed E-state index contributed by atoms with van der Waals surface area (Å²) in [4.78, 5) is 26.8. The molecule has 0 spiro atoms. The highest BCUT2D eigenvalue weighted by atomic mass is 16.5. The maximum atomic E-state index is 13.2. The highest BCUT2D eigenvalue weighted by molar-refractivity contribution is 6.03. The number of rotatable bonds is 7. The van der Waals surface area contributed by atoms with Gasteiger partial charge in [0.1, 0.15) is 18.0 Å². The van der Waals surface area contributed by atoms with E-state index in [4.69, 9.17) is 9.47 Å². The number of hydrogen-bond donors (Lipinski definition) is 1. The topological polar surface area (TPSA) is 83.5 Å². The van der Waals surface area contributed by atoms with Gasteiger partial charge in [0.25, 0.3) is 5.91 Å². The molecule has 0 saturated heterocycles. The fourth-order valence-electron chi connectivity index (χ4n) is 3.49. The standard InChI is InChI=1S/C24H30N4O4/c1-16(2)25-24(30)27(3)15-23(29)28-22(18-8-12-20(32-5)13-9-18)14-21(26-28)17-6-10-19(31-4)11-7-17/h6-13,16,22H,14-15H2,1-5H3,(H,25,30)/t22-/m1/s1. The summed E-state index contributed by atoms with van der Waals surface area (Å²) < 4.78 is 10.5. The zero-order chi connectivity index (χ0) is 23.3. The Labute approximate surface area is 188 Å². The van der Waals surface area contributed by atoms with Gasteiger partial charge in [-0.2, -0.15) is 5.10 Å². The molecule has 1 heterocycles. The summed E-state index contributed by atoms with van der Waals surface area (Å²) in [6.07, 6.45) is 0.562. The van der Waals surface area contributed by atoms with E-state index in [0.717, 1.165) is 28.3 Å². The Morgan fingerprint density at radius 1 is 1.06 bits per heavy atom. The molecule has 2 aromatic carbocycles. The molecular weight excluding hydrogens is 408 g/mol. The van der Waals surface area contributed by atoms with Gasteiger partial charge in [0.2, 0.25) is 0 Å². The molecule has 8 heteroatoms. The van der Waals surface area contributed by atoms with Crippen molar-refractivity contribution in [3.8, 4) is 11.5 Å². The summed E-state index contributed by atoms with van der Waals surface area (Å²) in [5.74, 6) is 1.24. The molecule has 170 valence electrons. The molecule has 0 saturated carbocycles. The second kappa shape index (κ2) is 10.2. The van der Waals surface area contributed by atoms with Crippen molar-refractivity contribution in [2.75, 3.05) is 27.8 Å². The van der Waals surface area contributed by atoms with Gasteiger partial charge in [-0.05, 0) is 61.4 Å². The maximum absolute atomic E-state index is 13.2. The molecule has 3 amide bonds. The molecule has 1 aliphatic heterocycles. The Morgan fingerprint density at radius 3 is 2.16 bits per heavy atom. The summed E-state index contributed by atoms with van der Waals surface area (Å²) in [6, 6.07) is 14.6. The molecule has 0 fully saturated rings. The molecule has 0 unspecified atom stereocenters. The molecule has 0 bridgehead atoms. The molecule has 8 nitrogen and oxygen atoms in total. The average molecular weight is 439 g/mol. The molecular formula is C24H30N4O4. The first-order chi connectivity index (χ1) is 15.3. The largest absolute Gasteiger partial charge is 0.497 e. The van der Waals surface area contributed by atoms with Crippen molar-refractivity contribution in [2.45, 2.75) is 32.4 Å². The van der Waals surface area contributed by atoms with Gasteiger partial charge in [0, 0.05) is 19.5 Å². The first kappa shape index (κ1) is 23.1. The van der Waals surface area contributed by atoms with Crippen LogP contribution < -0.4 is 14.8 Å². The zero-order valence-corrected chi connectivity index (χ0v) is 19.2. The van der Waals surface area contributed by atoms with E-state index < -0.39 is 0 Å². The van der Waals surface area contributed by atoms with Gasteiger partial charge in [0.05, 0.1) is 26.0 Å². The number of hydrogen-bond acceptors (Lipinski definition) is 5. The minimum Gasteiger partial charge on any atom is -0.497 e. The van der Waals surface area contributed by atoms with Crippen molar-refractivity contribution in [3.05, 3.63) is 59.7 Å². The van der Waals surface area contributed by atoms with Crippen LogP contribution in [0.15, 0.2) is 53.6 Å². The number of nitrogens with one attached hydrogen (secondary N) is 1. The monoisotopic (exact) mass is 438 g/mol. The van der Waals surface area contributed by atoms with Gasteiger partial charge in [-0.25, -0.2) is 9.80 Å². The Morgan fingerprint density at radius 2 is 1.62 bits per heavy atom. The number of carbonyl (C=O) groups is 2. The molecule has 1 atom stereocenters. The molecule has 0 aliphatic carbocycles. The number of amides is 3. The first-order valence-electron chi connectivity index (χ1n) is 10.5. The number of carbonyl (C=O) groups excluding carboxylic acids is 2. The quantitative estimate of drug-likeness (QED) is 0.718. The van der Waals surface area contributed by atoms with E-state index in [-0.39, 0.29) is 30.6 Å². The van der Waals surface area contributed by atoms with Gasteiger partial charge < -0.3 is 19.7 Å². The zero-order valence-electron chi connectivity index (χ0n) is 19.2. The lowest BCUT2D eigenvalue weighted by Crippen LogP contribution is -2.45. The van der Waals surface area contributed by atoms with E-state index in [9.17, 15) is 9.59 Å². The maximum Gasteiger partial charge on any atom is 0.317 e. The lowest BCUT2D eigenvalue weighted by atomic mass is 9.98. The number of ether oxygens (including phenoxy) is 2. The highest BCUT2D eigenvalue weighted by Gasteiger charge is 2.34. The molecule has 3 rings (SSSR count). The summed E-state index contributed by atoms with van der Waals surface area (Å²) in [5, 5.41) is 8.94. The first-order valence-corrected chi connectivity index (χ1v) is 10.5. The predicted molar refractivity (Wildman–Crippen MR) is 123 cm³/mol. The Kier molecular flexibility index (Phi) is 7.35. The van der Waals surface area contributed by atoms with Crippen LogP contribution in [0.4, 0.5) is 4.79 Å². The molecule has 0 aromatic heterocycles. The van der Waals surface area contributed by atoms with E-state index in [2.05, 4.69) is 10.4 Å². The number of methoxy groups -OCH3 is 2. The van der Waals surface area contributed by atoms with Crippen LogP contribution in [0.5, 0.6) is 11.5 Å². The molecule has 2 aromatic rings. The number of hydrazone groups is 1. The van der Waals surface area contributed by atoms with Crippen LogP contribution >= 0.6 is 0 Å². The van der Waals surface area contributed by atoms with Crippen molar-refractivity contribution in [3.63, 3.8) is 0 Å². The SMILES string of the molecule is COc1ccc(C2=NN(C(=O)CN(C)C(=O)NC(C)C)[C@@H](c3ccc(OC)cc3)C2)cc1. The van der Waals surface area contributed by atoms with E-state index in [1.165, 1.54) is 9.91 Å². The van der Waals surface area contributed by atoms with E-state index in [1.807, 2.05) is 62.4 Å². The Bertz CT molecular complexity index is 970. The smallest absolute Gasteiger partial charge is 0.317 e. The molecule has 1 aliphatic rings. The fourth-order valence-corrected chi connectivity index (χ4v) is 3.49. The summed E-state index contributed by atoms with van der Waals surface area (Å²) in [5.41, 5.74) is 2.67. The lowest BCUT2D eigenvalue weighted by molar-refractivity contribution is -0.133. The van der Waals surface area contributed by atoms with E-state index in [0.29, 0.717) is 6.42 Å². The summed E-state index contributed by atoms with van der Waals surface area (Å²) >= 11 is 0. The molecule has 32 heavy (non-hydrogen) atoms. The third kappa shape index (κ3) is 5.38. The van der Waals surface area contributed by atoms with Gasteiger partial charge in [-0.3, -0.25) is 4.79 Å². The second-order valence-electron chi connectivity index (χ2n) is 7.97. The fraction of sp³-hybridized carbons (Fsp3) is 0.375. The summed E-state index contributed by atoms with van der Waals surface area (Å²) in [7, 11) is 4.83. The van der Waals surface area contributed by atoms with Crippen LogP contribution in [0, 0.1) is 0 Å². The minimum atomic E-state index is -0.298. The van der Waals surface area contributed by atoms with Crippen LogP contribution in [-0.2, 0) is 4.79 Å². The van der Waals surface area contributed by atoms with Crippen molar-refractivity contribution in [2.24, 2.45) is 5.10 Å². The van der Waals surface area contributed by atoms with Crippen molar-refractivity contribution < 1.29 is 19.1 Å². The summed E-state index contributed by atoms with van der Waals surface area (Å²) in [6.45, 7) is 3.67. The van der Waals surface area contributed by atoms with Crippen molar-refractivity contribution >= 4 is 17.6 Å². The number of nitrogens with zero attached hydrogens (tertiary/aromatic N) is 3. The third-order valence-electron chi connectivity index (χ3n) is 5.22. The van der Waals surface area contributed by atoms with Crippen molar-refractivity contribution in [1.29, 1.82) is 0 Å². The van der Waals surface area contributed by atoms with Crippen LogP contribution in [-0.4, -0.2) is 61.4 Å². The molecule has 0 radical (unpaired) electrons. The van der Waals surface area contributed by atoms with Crippen LogP contribution in [0.25, 0.3) is 0 Å². The van der Waals surface area contributed by atoms with Gasteiger partial charge in [0.15, 0.2) is 0 Å². The number of urea groups is 1. The van der Waals surface area contributed by atoms with Crippen LogP contribution in [0.1, 0.15) is 37.4 Å². The number of likely N-dealkylation sites (N-methyl/N-ethyl adjacent to an activating group) is 1. The third-order valence-corrected chi connectivity index (χ3v) is 5.22. The predicted octanol–water partition coefficient (Wildman–Crippen LogP) is 3.43. The van der Waals surface area contributed by atoms with E-state index in [1.54, 1.807) is 21.3 Å². The second-order valence-corrected chi connectivity index (χ2v) is 7.97. The minimum absolute atomic E-state index is 0.0152. The van der Waals surface area contributed by atoms with Gasteiger partial charge in [-0.1, -0.05) is 12.1 Å². The lowest BCUT2D eigenvalue weighted by Gasteiger charge is -2.25. The average Bonchev–Trinajstić information content (AvgIpc) is 3.24.